The Balaban J connectivity index is 3.05. The molecular formula is C32H64O3. The number of hydrogen-bond acceptors (Lipinski definition) is 3. The molecule has 0 aliphatic heterocycles. The number of carbonyl (C=O) groups is 1. The van der Waals surface area contributed by atoms with E-state index in [0.717, 1.165) is 25.7 Å². The molecule has 0 aliphatic carbocycles. The summed E-state index contributed by atoms with van der Waals surface area (Å²) in [6.07, 6.45) is 36.6. The van der Waals surface area contributed by atoms with E-state index in [1.165, 1.54) is 148 Å². The lowest BCUT2D eigenvalue weighted by atomic mass is 10.0. The van der Waals surface area contributed by atoms with Crippen molar-refractivity contribution < 1.29 is 14.6 Å². The third-order valence-corrected chi connectivity index (χ3v) is 7.30. The number of aliphatic hydroxyl groups excluding tert-OH is 1. The van der Waals surface area contributed by atoms with Crippen molar-refractivity contribution in [3.8, 4) is 0 Å². The first-order chi connectivity index (χ1) is 17.3. The monoisotopic (exact) mass is 496 g/mol. The second-order valence-electron chi connectivity index (χ2n) is 10.9. The van der Waals surface area contributed by atoms with Crippen molar-refractivity contribution in [3.05, 3.63) is 0 Å². The van der Waals surface area contributed by atoms with Gasteiger partial charge in [-0.05, 0) is 19.3 Å². The molecule has 35 heavy (non-hydrogen) atoms. The SMILES string of the molecule is CCCCC(=O)OCCCCCCCCCCCCCCCCCCCCCCCCCCCO. The average Bonchev–Trinajstić information content (AvgIpc) is 2.87. The molecule has 0 heterocycles. The lowest BCUT2D eigenvalue weighted by Gasteiger charge is -2.05. The second-order valence-corrected chi connectivity index (χ2v) is 10.9. The third-order valence-electron chi connectivity index (χ3n) is 7.30. The molecule has 210 valence electrons. The molecule has 3 heteroatoms. The zero-order valence-corrected chi connectivity index (χ0v) is 24.0. The molecule has 0 bridgehead atoms. The molecular weight excluding hydrogens is 432 g/mol. The average molecular weight is 497 g/mol. The molecule has 0 atom stereocenters. The van der Waals surface area contributed by atoms with E-state index < -0.39 is 0 Å². The smallest absolute Gasteiger partial charge is 0.305 e. The van der Waals surface area contributed by atoms with Crippen molar-refractivity contribution in [2.75, 3.05) is 13.2 Å². The zero-order chi connectivity index (χ0) is 25.5. The summed E-state index contributed by atoms with van der Waals surface area (Å²) in [5.41, 5.74) is 0. The van der Waals surface area contributed by atoms with Crippen LogP contribution in [0.1, 0.15) is 187 Å². The summed E-state index contributed by atoms with van der Waals surface area (Å²) in [5.74, 6) is -0.0124. The number of carbonyl (C=O) groups excluding carboxylic acids is 1. The number of unbranched alkanes of at least 4 members (excludes halogenated alkanes) is 25. The fraction of sp³-hybridized carbons (Fsp3) is 0.969. The lowest BCUT2D eigenvalue weighted by molar-refractivity contribution is -0.143. The summed E-state index contributed by atoms with van der Waals surface area (Å²) in [5, 5.41) is 8.77. The number of rotatable bonds is 30. The molecule has 0 aromatic carbocycles. The molecule has 0 rings (SSSR count). The first-order valence-electron chi connectivity index (χ1n) is 16.1. The Kier molecular flexibility index (Phi) is 30.9. The Labute approximate surface area is 220 Å². The fourth-order valence-corrected chi connectivity index (χ4v) is 4.86. The molecule has 1 N–H and O–H groups in total. The maximum Gasteiger partial charge on any atom is 0.305 e. The highest BCUT2D eigenvalue weighted by Crippen LogP contribution is 2.15. The summed E-state index contributed by atoms with van der Waals surface area (Å²) in [7, 11) is 0. The third kappa shape index (κ3) is 31.4. The van der Waals surface area contributed by atoms with Crippen molar-refractivity contribution in [2.24, 2.45) is 0 Å². The Morgan fingerprint density at radius 3 is 1.03 bits per heavy atom. The van der Waals surface area contributed by atoms with Crippen LogP contribution in [0.5, 0.6) is 0 Å². The van der Waals surface area contributed by atoms with E-state index in [1.807, 2.05) is 0 Å². The van der Waals surface area contributed by atoms with Crippen LogP contribution in [-0.4, -0.2) is 24.3 Å². The minimum atomic E-state index is -0.0124. The summed E-state index contributed by atoms with van der Waals surface area (Å²) in [6.45, 7) is 3.09. The molecule has 0 amide bonds. The van der Waals surface area contributed by atoms with Gasteiger partial charge in [0.25, 0.3) is 0 Å². The van der Waals surface area contributed by atoms with Crippen molar-refractivity contribution in [1.29, 1.82) is 0 Å². The molecule has 0 aliphatic rings. The second kappa shape index (κ2) is 31.5. The van der Waals surface area contributed by atoms with Gasteiger partial charge in [0.05, 0.1) is 6.61 Å². The minimum absolute atomic E-state index is 0.0124. The van der Waals surface area contributed by atoms with E-state index in [9.17, 15) is 4.79 Å². The Bertz CT molecular complexity index is 396. The molecule has 0 spiro atoms. The van der Waals surface area contributed by atoms with Crippen molar-refractivity contribution >= 4 is 5.97 Å². The van der Waals surface area contributed by atoms with Gasteiger partial charge in [-0.2, -0.15) is 0 Å². The standard InChI is InChI=1S/C32H64O3/c1-2-3-29-32(34)35-31-28-26-24-22-20-18-16-14-12-10-8-6-4-5-7-9-11-13-15-17-19-21-23-25-27-30-33/h33H,2-31H2,1H3. The van der Waals surface area contributed by atoms with Gasteiger partial charge < -0.3 is 9.84 Å². The number of esters is 1. The first-order valence-corrected chi connectivity index (χ1v) is 16.1. The summed E-state index contributed by atoms with van der Waals surface area (Å²) < 4.78 is 5.26. The Morgan fingerprint density at radius 1 is 0.457 bits per heavy atom. The molecule has 0 radical (unpaired) electrons. The summed E-state index contributed by atoms with van der Waals surface area (Å²) in [6, 6.07) is 0. The van der Waals surface area contributed by atoms with Gasteiger partial charge in [0.15, 0.2) is 0 Å². The van der Waals surface area contributed by atoms with Crippen molar-refractivity contribution in [2.45, 2.75) is 187 Å². The van der Waals surface area contributed by atoms with Gasteiger partial charge >= 0.3 is 5.97 Å². The van der Waals surface area contributed by atoms with Crippen molar-refractivity contribution in [1.82, 2.24) is 0 Å². The maximum atomic E-state index is 11.4. The van der Waals surface area contributed by atoms with Crippen LogP contribution < -0.4 is 0 Å². The van der Waals surface area contributed by atoms with Gasteiger partial charge in [-0.15, -0.1) is 0 Å². The van der Waals surface area contributed by atoms with E-state index in [-0.39, 0.29) is 5.97 Å². The van der Waals surface area contributed by atoms with Gasteiger partial charge in [0.1, 0.15) is 0 Å². The fourth-order valence-electron chi connectivity index (χ4n) is 4.86. The Morgan fingerprint density at radius 2 is 0.743 bits per heavy atom. The highest BCUT2D eigenvalue weighted by Gasteiger charge is 2.01. The van der Waals surface area contributed by atoms with E-state index >= 15 is 0 Å². The van der Waals surface area contributed by atoms with Crippen molar-refractivity contribution in [3.63, 3.8) is 0 Å². The zero-order valence-electron chi connectivity index (χ0n) is 24.0. The van der Waals surface area contributed by atoms with E-state index in [2.05, 4.69) is 6.92 Å². The molecule has 0 fully saturated rings. The van der Waals surface area contributed by atoms with Crippen LogP contribution in [0.3, 0.4) is 0 Å². The van der Waals surface area contributed by atoms with Crippen LogP contribution in [0.15, 0.2) is 0 Å². The van der Waals surface area contributed by atoms with E-state index in [1.54, 1.807) is 0 Å². The van der Waals surface area contributed by atoms with E-state index in [4.69, 9.17) is 9.84 Å². The molecule has 0 aromatic heterocycles. The normalized spacial score (nSPS) is 11.3. The Hall–Kier alpha value is -0.570. The van der Waals surface area contributed by atoms with Gasteiger partial charge in [-0.3, -0.25) is 4.79 Å². The first kappa shape index (κ1) is 34.4. The van der Waals surface area contributed by atoms with Gasteiger partial charge in [-0.25, -0.2) is 0 Å². The van der Waals surface area contributed by atoms with Crippen LogP contribution in [-0.2, 0) is 9.53 Å². The van der Waals surface area contributed by atoms with Crippen LogP contribution in [0.2, 0.25) is 0 Å². The van der Waals surface area contributed by atoms with Crippen LogP contribution in [0, 0.1) is 0 Å². The molecule has 0 saturated carbocycles. The minimum Gasteiger partial charge on any atom is -0.466 e. The topological polar surface area (TPSA) is 46.5 Å². The highest BCUT2D eigenvalue weighted by molar-refractivity contribution is 5.69. The van der Waals surface area contributed by atoms with Crippen LogP contribution in [0.25, 0.3) is 0 Å². The molecule has 0 aromatic rings. The van der Waals surface area contributed by atoms with Gasteiger partial charge in [0.2, 0.25) is 0 Å². The highest BCUT2D eigenvalue weighted by atomic mass is 16.5. The predicted molar refractivity (Wildman–Crippen MR) is 153 cm³/mol. The largest absolute Gasteiger partial charge is 0.466 e. The van der Waals surface area contributed by atoms with Crippen LogP contribution in [0.4, 0.5) is 0 Å². The maximum absolute atomic E-state index is 11.4. The number of ether oxygens (including phenoxy) is 1. The van der Waals surface area contributed by atoms with Crippen LogP contribution >= 0.6 is 0 Å². The number of aliphatic hydroxyl groups is 1. The molecule has 0 saturated heterocycles. The number of hydrogen-bond donors (Lipinski definition) is 1. The van der Waals surface area contributed by atoms with Gasteiger partial charge in [-0.1, -0.05) is 161 Å². The lowest BCUT2D eigenvalue weighted by Crippen LogP contribution is -2.05. The van der Waals surface area contributed by atoms with E-state index in [0.29, 0.717) is 19.6 Å². The van der Waals surface area contributed by atoms with Gasteiger partial charge in [0, 0.05) is 13.0 Å². The summed E-state index contributed by atoms with van der Waals surface area (Å²) >= 11 is 0. The molecule has 3 nitrogen and oxygen atoms in total. The summed E-state index contributed by atoms with van der Waals surface area (Å²) in [4.78, 5) is 11.4. The molecule has 0 unspecified atom stereocenters. The quantitative estimate of drug-likeness (QED) is 0.0794. The predicted octanol–water partition coefficient (Wildman–Crippen LogP) is 10.5.